The fourth-order valence-corrected chi connectivity index (χ4v) is 6.16. The summed E-state index contributed by atoms with van der Waals surface area (Å²) >= 11 is 6.91. The molecule has 0 N–H and O–H groups in total. The van der Waals surface area contributed by atoms with Crippen LogP contribution in [0, 0.1) is 6.92 Å². The van der Waals surface area contributed by atoms with Crippen LogP contribution in [-0.2, 0) is 14.8 Å². The molecule has 0 aliphatic carbocycles. The average molecular weight is 472 g/mol. The molecule has 3 rings (SSSR count). The van der Waals surface area contributed by atoms with Gasteiger partial charge in [0, 0.05) is 32.7 Å². The molecule has 1 aromatic heterocycles. The number of sulfonamides is 1. The van der Waals surface area contributed by atoms with Gasteiger partial charge in [-0.3, -0.25) is 9.69 Å². The first-order chi connectivity index (χ1) is 14.3. The second-order valence-corrected chi connectivity index (χ2v) is 11.1. The molecule has 1 fully saturated rings. The van der Waals surface area contributed by atoms with Crippen molar-refractivity contribution >= 4 is 38.9 Å². The molecule has 0 bridgehead atoms. The van der Waals surface area contributed by atoms with Crippen molar-refractivity contribution in [2.24, 2.45) is 0 Å². The number of carbonyl (C=O) groups excluding carboxylic acids is 1. The number of hydrogen-bond acceptors (Lipinski definition) is 6. The largest absolute Gasteiger partial charge is 0.492 e. The predicted molar refractivity (Wildman–Crippen MR) is 119 cm³/mol. The number of rotatable bonds is 8. The van der Waals surface area contributed by atoms with Gasteiger partial charge in [0.1, 0.15) is 16.6 Å². The Bertz CT molecular complexity index is 955. The standard InChI is InChI=1S/C20H26ClN3O4S2/c1-16-3-5-17(6-4-16)28-14-13-22(2)15-19(25)23-9-11-24(12-10-23)30(26,27)20-8-7-18(21)29-20/h3-8H,9-15H2,1-2H3. The minimum Gasteiger partial charge on any atom is -0.492 e. The van der Waals surface area contributed by atoms with Crippen molar-refractivity contribution in [3.63, 3.8) is 0 Å². The zero-order valence-electron chi connectivity index (χ0n) is 17.1. The smallest absolute Gasteiger partial charge is 0.252 e. The van der Waals surface area contributed by atoms with E-state index in [1.807, 2.05) is 43.1 Å². The molecule has 1 amide bonds. The van der Waals surface area contributed by atoms with Crippen LogP contribution in [0.25, 0.3) is 0 Å². The van der Waals surface area contributed by atoms with Gasteiger partial charge >= 0.3 is 0 Å². The highest BCUT2D eigenvalue weighted by atomic mass is 35.5. The maximum Gasteiger partial charge on any atom is 0.252 e. The van der Waals surface area contributed by atoms with Gasteiger partial charge in [0.2, 0.25) is 5.91 Å². The Labute approximate surface area is 186 Å². The van der Waals surface area contributed by atoms with Crippen LogP contribution in [0.1, 0.15) is 5.56 Å². The van der Waals surface area contributed by atoms with Gasteiger partial charge in [-0.15, -0.1) is 11.3 Å². The zero-order chi connectivity index (χ0) is 21.7. The molecule has 2 heterocycles. The Kier molecular flexibility index (Phi) is 7.75. The number of thiophene rings is 1. The molecule has 0 saturated carbocycles. The van der Waals surface area contributed by atoms with Gasteiger partial charge in [0.15, 0.2) is 0 Å². The number of nitrogens with zero attached hydrogens (tertiary/aromatic N) is 3. The summed E-state index contributed by atoms with van der Waals surface area (Å²) in [7, 11) is -1.68. The Morgan fingerprint density at radius 2 is 1.80 bits per heavy atom. The molecule has 1 saturated heterocycles. The van der Waals surface area contributed by atoms with E-state index in [0.29, 0.717) is 30.6 Å². The van der Waals surface area contributed by atoms with Gasteiger partial charge in [0.25, 0.3) is 10.0 Å². The summed E-state index contributed by atoms with van der Waals surface area (Å²) in [5, 5.41) is 0. The van der Waals surface area contributed by atoms with E-state index in [1.165, 1.54) is 15.9 Å². The molecule has 10 heteroatoms. The number of aryl methyl sites for hydroxylation is 1. The fraction of sp³-hybridized carbons (Fsp3) is 0.450. The van der Waals surface area contributed by atoms with Crippen LogP contribution in [0.5, 0.6) is 5.75 Å². The summed E-state index contributed by atoms with van der Waals surface area (Å²) in [6, 6.07) is 11.0. The van der Waals surface area contributed by atoms with Gasteiger partial charge in [-0.25, -0.2) is 8.42 Å². The van der Waals surface area contributed by atoms with Crippen LogP contribution < -0.4 is 4.74 Å². The second-order valence-electron chi connectivity index (χ2n) is 7.24. The maximum absolute atomic E-state index is 12.7. The molecule has 7 nitrogen and oxygen atoms in total. The fourth-order valence-electron chi connectivity index (χ4n) is 3.11. The zero-order valence-corrected chi connectivity index (χ0v) is 19.5. The molecule has 2 aromatic rings. The van der Waals surface area contributed by atoms with Crippen LogP contribution in [0.2, 0.25) is 4.34 Å². The average Bonchev–Trinajstić information content (AvgIpc) is 3.17. The van der Waals surface area contributed by atoms with Crippen molar-refractivity contribution < 1.29 is 17.9 Å². The number of carbonyl (C=O) groups is 1. The Morgan fingerprint density at radius 3 is 2.40 bits per heavy atom. The summed E-state index contributed by atoms with van der Waals surface area (Å²) in [5.41, 5.74) is 1.18. The number of ether oxygens (including phenoxy) is 1. The third kappa shape index (κ3) is 5.95. The van der Waals surface area contributed by atoms with Gasteiger partial charge in [-0.2, -0.15) is 4.31 Å². The second kappa shape index (κ2) is 10.1. The predicted octanol–water partition coefficient (Wildman–Crippen LogP) is 2.55. The summed E-state index contributed by atoms with van der Waals surface area (Å²) < 4.78 is 33.1. The molecular weight excluding hydrogens is 446 g/mol. The van der Waals surface area contributed by atoms with Crippen molar-refractivity contribution in [3.05, 3.63) is 46.3 Å². The van der Waals surface area contributed by atoms with Crippen LogP contribution >= 0.6 is 22.9 Å². The molecule has 1 aromatic carbocycles. The quantitative estimate of drug-likeness (QED) is 0.591. The van der Waals surface area contributed by atoms with Gasteiger partial charge in [-0.1, -0.05) is 29.3 Å². The normalized spacial score (nSPS) is 15.5. The van der Waals surface area contributed by atoms with Crippen molar-refractivity contribution in [2.45, 2.75) is 11.1 Å². The molecule has 164 valence electrons. The summed E-state index contributed by atoms with van der Waals surface area (Å²) in [4.78, 5) is 16.2. The van der Waals surface area contributed by atoms with E-state index in [4.69, 9.17) is 16.3 Å². The molecule has 0 radical (unpaired) electrons. The van der Waals surface area contributed by atoms with Crippen LogP contribution in [0.15, 0.2) is 40.6 Å². The number of benzene rings is 1. The molecule has 0 unspecified atom stereocenters. The Hall–Kier alpha value is -1.65. The van der Waals surface area contributed by atoms with E-state index >= 15 is 0 Å². The van der Waals surface area contributed by atoms with Gasteiger partial charge in [0.05, 0.1) is 10.9 Å². The van der Waals surface area contributed by atoms with Crippen molar-refractivity contribution in [1.29, 1.82) is 0 Å². The summed E-state index contributed by atoms with van der Waals surface area (Å²) in [6.45, 7) is 4.72. The lowest BCUT2D eigenvalue weighted by molar-refractivity contribution is -0.133. The lowest BCUT2D eigenvalue weighted by Crippen LogP contribution is -2.52. The third-order valence-electron chi connectivity index (χ3n) is 4.90. The van der Waals surface area contributed by atoms with E-state index in [1.54, 1.807) is 11.0 Å². The monoisotopic (exact) mass is 471 g/mol. The van der Waals surface area contributed by atoms with E-state index in [2.05, 4.69) is 0 Å². The molecule has 0 spiro atoms. The van der Waals surface area contributed by atoms with Crippen LogP contribution in [0.3, 0.4) is 0 Å². The van der Waals surface area contributed by atoms with E-state index < -0.39 is 10.0 Å². The number of hydrogen-bond donors (Lipinski definition) is 0. The van der Waals surface area contributed by atoms with Crippen molar-refractivity contribution in [3.8, 4) is 5.75 Å². The highest BCUT2D eigenvalue weighted by Crippen LogP contribution is 2.28. The Morgan fingerprint density at radius 1 is 1.13 bits per heavy atom. The van der Waals surface area contributed by atoms with Crippen LogP contribution in [-0.4, -0.2) is 81.4 Å². The summed E-state index contributed by atoms with van der Waals surface area (Å²) in [6.07, 6.45) is 0. The lowest BCUT2D eigenvalue weighted by atomic mass is 10.2. The highest BCUT2D eigenvalue weighted by Gasteiger charge is 2.31. The minimum atomic E-state index is -3.55. The molecule has 1 aliphatic heterocycles. The topological polar surface area (TPSA) is 70.2 Å². The van der Waals surface area contributed by atoms with Crippen molar-refractivity contribution in [1.82, 2.24) is 14.1 Å². The first-order valence-corrected chi connectivity index (χ1v) is 12.3. The number of amides is 1. The maximum atomic E-state index is 12.7. The van der Waals surface area contributed by atoms with Crippen LogP contribution in [0.4, 0.5) is 0 Å². The lowest BCUT2D eigenvalue weighted by Gasteiger charge is -2.34. The molecule has 1 aliphatic rings. The SMILES string of the molecule is Cc1ccc(OCCN(C)CC(=O)N2CCN(S(=O)(=O)c3ccc(Cl)s3)CC2)cc1. The van der Waals surface area contributed by atoms with Crippen molar-refractivity contribution in [2.75, 3.05) is 52.9 Å². The van der Waals surface area contributed by atoms with E-state index in [9.17, 15) is 13.2 Å². The molecular formula is C20H26ClN3O4S2. The summed E-state index contributed by atoms with van der Waals surface area (Å²) in [5.74, 6) is 0.800. The molecule has 30 heavy (non-hydrogen) atoms. The van der Waals surface area contributed by atoms with Gasteiger partial charge < -0.3 is 9.64 Å². The first-order valence-electron chi connectivity index (χ1n) is 9.67. The van der Waals surface area contributed by atoms with E-state index in [-0.39, 0.29) is 29.8 Å². The first kappa shape index (κ1) is 23.0. The van der Waals surface area contributed by atoms with Gasteiger partial charge in [-0.05, 0) is 38.2 Å². The highest BCUT2D eigenvalue weighted by molar-refractivity contribution is 7.91. The minimum absolute atomic E-state index is 0.0101. The number of halogens is 1. The number of likely N-dealkylation sites (N-methyl/N-ethyl adjacent to an activating group) is 1. The third-order valence-corrected chi connectivity index (χ3v) is 8.50. The number of piperazine rings is 1. The Balaban J connectivity index is 1.41. The molecule has 0 atom stereocenters. The van der Waals surface area contributed by atoms with E-state index in [0.717, 1.165) is 17.1 Å².